The highest BCUT2D eigenvalue weighted by Gasteiger charge is 2.11. The molecule has 0 aliphatic carbocycles. The van der Waals surface area contributed by atoms with Gasteiger partial charge in [0.15, 0.2) is 6.61 Å². The first-order valence-corrected chi connectivity index (χ1v) is 8.95. The summed E-state index contributed by atoms with van der Waals surface area (Å²) in [7, 11) is 1.51. The highest BCUT2D eigenvalue weighted by molar-refractivity contribution is 7.99. The molecule has 0 saturated carbocycles. The summed E-state index contributed by atoms with van der Waals surface area (Å²) >= 11 is 1.42. The molecule has 5 nitrogen and oxygen atoms in total. The fourth-order valence-corrected chi connectivity index (χ4v) is 2.94. The van der Waals surface area contributed by atoms with Crippen LogP contribution in [0.15, 0.2) is 47.4 Å². The second-order valence-corrected chi connectivity index (χ2v) is 6.63. The molecular weight excluding hydrogens is 357 g/mol. The largest absolute Gasteiger partial charge is 0.495 e. The van der Waals surface area contributed by atoms with E-state index in [-0.39, 0.29) is 18.8 Å². The number of aryl methyl sites for hydroxylation is 1. The van der Waals surface area contributed by atoms with Crippen molar-refractivity contribution in [3.63, 3.8) is 0 Å². The van der Waals surface area contributed by atoms with Crippen molar-refractivity contribution in [3.8, 4) is 5.75 Å². The van der Waals surface area contributed by atoms with Gasteiger partial charge in [0.1, 0.15) is 11.6 Å². The Labute approximate surface area is 155 Å². The predicted octanol–water partition coefficient (Wildman–Crippen LogP) is 3.81. The van der Waals surface area contributed by atoms with Crippen LogP contribution in [0, 0.1) is 12.7 Å². The molecule has 26 heavy (non-hydrogen) atoms. The van der Waals surface area contributed by atoms with Gasteiger partial charge >= 0.3 is 5.97 Å². The molecule has 1 amide bonds. The number of carbonyl (C=O) groups is 2. The number of amides is 1. The first-order chi connectivity index (χ1) is 12.5. The normalized spacial score (nSPS) is 10.3. The molecule has 0 aliphatic heterocycles. The minimum absolute atomic E-state index is 0.156. The number of thioether (sulfide) groups is 1. The molecule has 0 saturated heterocycles. The SMILES string of the molecule is COc1ccc(C)cc1NC(=O)COC(=O)CCSc1ccc(F)cc1. The summed E-state index contributed by atoms with van der Waals surface area (Å²) in [6, 6.07) is 11.4. The minimum Gasteiger partial charge on any atom is -0.495 e. The van der Waals surface area contributed by atoms with Gasteiger partial charge in [0.2, 0.25) is 0 Å². The Balaban J connectivity index is 1.72. The summed E-state index contributed by atoms with van der Waals surface area (Å²) in [6.07, 6.45) is 0.156. The summed E-state index contributed by atoms with van der Waals surface area (Å²) in [5, 5.41) is 2.66. The zero-order chi connectivity index (χ0) is 18.9. The molecule has 2 aromatic carbocycles. The molecule has 2 aromatic rings. The number of nitrogens with one attached hydrogen (secondary N) is 1. The van der Waals surface area contributed by atoms with E-state index < -0.39 is 11.9 Å². The molecule has 0 aromatic heterocycles. The van der Waals surface area contributed by atoms with Gasteiger partial charge in [-0.25, -0.2) is 4.39 Å². The number of benzene rings is 2. The number of hydrogen-bond acceptors (Lipinski definition) is 5. The van der Waals surface area contributed by atoms with Gasteiger partial charge in [0.25, 0.3) is 5.91 Å². The van der Waals surface area contributed by atoms with Gasteiger partial charge in [0.05, 0.1) is 19.2 Å². The van der Waals surface area contributed by atoms with Crippen LogP contribution in [0.4, 0.5) is 10.1 Å². The number of ether oxygens (including phenoxy) is 2. The Morgan fingerprint density at radius 3 is 2.58 bits per heavy atom. The molecule has 138 valence electrons. The van der Waals surface area contributed by atoms with Crippen LogP contribution < -0.4 is 10.1 Å². The van der Waals surface area contributed by atoms with E-state index in [0.717, 1.165) is 10.5 Å². The van der Waals surface area contributed by atoms with Crippen LogP contribution in [0.25, 0.3) is 0 Å². The smallest absolute Gasteiger partial charge is 0.307 e. The Morgan fingerprint density at radius 2 is 1.88 bits per heavy atom. The van der Waals surface area contributed by atoms with Gasteiger partial charge in [-0.2, -0.15) is 0 Å². The quantitative estimate of drug-likeness (QED) is 0.560. The van der Waals surface area contributed by atoms with E-state index in [1.54, 1.807) is 24.3 Å². The molecule has 0 unspecified atom stereocenters. The molecule has 0 spiro atoms. The van der Waals surface area contributed by atoms with Gasteiger partial charge in [-0.1, -0.05) is 6.07 Å². The Hall–Kier alpha value is -2.54. The zero-order valence-electron chi connectivity index (χ0n) is 14.6. The van der Waals surface area contributed by atoms with E-state index in [4.69, 9.17) is 9.47 Å². The van der Waals surface area contributed by atoms with Crippen molar-refractivity contribution in [1.29, 1.82) is 0 Å². The van der Waals surface area contributed by atoms with E-state index in [1.807, 2.05) is 13.0 Å². The Kier molecular flexibility index (Phi) is 7.47. The van der Waals surface area contributed by atoms with E-state index in [2.05, 4.69) is 5.32 Å². The first-order valence-electron chi connectivity index (χ1n) is 7.96. The molecule has 0 bridgehead atoms. The number of carbonyl (C=O) groups excluding carboxylic acids is 2. The highest BCUT2D eigenvalue weighted by atomic mass is 32.2. The zero-order valence-corrected chi connectivity index (χ0v) is 15.4. The maximum absolute atomic E-state index is 12.8. The average molecular weight is 377 g/mol. The number of methoxy groups -OCH3 is 1. The van der Waals surface area contributed by atoms with E-state index in [9.17, 15) is 14.0 Å². The van der Waals surface area contributed by atoms with Crippen LogP contribution in [0.3, 0.4) is 0 Å². The third-order valence-electron chi connectivity index (χ3n) is 3.38. The van der Waals surface area contributed by atoms with Gasteiger partial charge in [-0.05, 0) is 48.9 Å². The second-order valence-electron chi connectivity index (χ2n) is 5.46. The minimum atomic E-state index is -0.467. The van der Waals surface area contributed by atoms with Crippen molar-refractivity contribution in [2.45, 2.75) is 18.2 Å². The van der Waals surface area contributed by atoms with Crippen LogP contribution in [0.2, 0.25) is 0 Å². The van der Waals surface area contributed by atoms with Crippen molar-refractivity contribution in [3.05, 3.63) is 53.8 Å². The lowest BCUT2D eigenvalue weighted by atomic mass is 10.2. The second kappa shape index (κ2) is 9.82. The standard InChI is InChI=1S/C19H20FNO4S/c1-13-3-8-17(24-2)16(11-13)21-18(22)12-25-19(23)9-10-26-15-6-4-14(20)5-7-15/h3-8,11H,9-10,12H2,1-2H3,(H,21,22). The molecule has 0 aliphatic rings. The summed E-state index contributed by atoms with van der Waals surface area (Å²) in [5.74, 6) is -0.187. The average Bonchev–Trinajstić information content (AvgIpc) is 2.62. The molecule has 1 N–H and O–H groups in total. The summed E-state index contributed by atoms with van der Waals surface area (Å²) in [4.78, 5) is 24.5. The number of esters is 1. The molecule has 2 rings (SSSR count). The van der Waals surface area contributed by atoms with E-state index in [0.29, 0.717) is 17.2 Å². The molecule has 0 fully saturated rings. The lowest BCUT2D eigenvalue weighted by Crippen LogP contribution is -2.21. The topological polar surface area (TPSA) is 64.6 Å². The van der Waals surface area contributed by atoms with Crippen molar-refractivity contribution < 1.29 is 23.5 Å². The summed E-state index contributed by atoms with van der Waals surface area (Å²) in [6.45, 7) is 1.53. The maximum Gasteiger partial charge on any atom is 0.307 e. The molecular formula is C19H20FNO4S. The number of halogens is 1. The molecule has 0 heterocycles. The lowest BCUT2D eigenvalue weighted by molar-refractivity contribution is -0.146. The Bertz CT molecular complexity index is 765. The van der Waals surface area contributed by atoms with E-state index in [1.165, 1.54) is 31.0 Å². The fraction of sp³-hybridized carbons (Fsp3) is 0.263. The predicted molar refractivity (Wildman–Crippen MR) is 99.1 cm³/mol. The first kappa shape index (κ1) is 19.8. The van der Waals surface area contributed by atoms with Gasteiger partial charge < -0.3 is 14.8 Å². The van der Waals surface area contributed by atoms with Crippen LogP contribution in [0.1, 0.15) is 12.0 Å². The molecule has 7 heteroatoms. The number of anilines is 1. The monoisotopic (exact) mass is 377 g/mol. The number of hydrogen-bond donors (Lipinski definition) is 1. The number of rotatable bonds is 8. The summed E-state index contributed by atoms with van der Waals surface area (Å²) < 4.78 is 23.0. The van der Waals surface area contributed by atoms with Crippen LogP contribution in [-0.4, -0.2) is 31.3 Å². The molecule has 0 radical (unpaired) electrons. The van der Waals surface area contributed by atoms with Crippen LogP contribution in [0.5, 0.6) is 5.75 Å². The van der Waals surface area contributed by atoms with Gasteiger partial charge in [-0.3, -0.25) is 9.59 Å². The lowest BCUT2D eigenvalue weighted by Gasteiger charge is -2.11. The van der Waals surface area contributed by atoms with E-state index >= 15 is 0 Å². The van der Waals surface area contributed by atoms with Crippen LogP contribution >= 0.6 is 11.8 Å². The van der Waals surface area contributed by atoms with Crippen molar-refractivity contribution in [2.24, 2.45) is 0 Å². The maximum atomic E-state index is 12.8. The highest BCUT2D eigenvalue weighted by Crippen LogP contribution is 2.25. The fourth-order valence-electron chi connectivity index (χ4n) is 2.11. The molecule has 0 atom stereocenters. The van der Waals surface area contributed by atoms with Gasteiger partial charge in [-0.15, -0.1) is 11.8 Å². The Morgan fingerprint density at radius 1 is 1.15 bits per heavy atom. The van der Waals surface area contributed by atoms with Crippen molar-refractivity contribution in [1.82, 2.24) is 0 Å². The third-order valence-corrected chi connectivity index (χ3v) is 4.40. The third kappa shape index (κ3) is 6.40. The van der Waals surface area contributed by atoms with Crippen LogP contribution in [-0.2, 0) is 14.3 Å². The van der Waals surface area contributed by atoms with Crippen molar-refractivity contribution in [2.75, 3.05) is 24.8 Å². The summed E-state index contributed by atoms with van der Waals surface area (Å²) in [5.41, 5.74) is 1.50. The van der Waals surface area contributed by atoms with Gasteiger partial charge in [0, 0.05) is 10.6 Å². The van der Waals surface area contributed by atoms with Crippen molar-refractivity contribution >= 4 is 29.3 Å².